The van der Waals surface area contributed by atoms with Gasteiger partial charge in [-0.05, 0) is 37.6 Å². The molecule has 1 aromatic carbocycles. The van der Waals surface area contributed by atoms with E-state index in [1.54, 1.807) is 28.6 Å². The summed E-state index contributed by atoms with van der Waals surface area (Å²) in [6, 6.07) is 7.04. The average molecular weight is 368 g/mol. The van der Waals surface area contributed by atoms with E-state index >= 15 is 0 Å². The summed E-state index contributed by atoms with van der Waals surface area (Å²) in [4.78, 5) is 14.3. The predicted molar refractivity (Wildman–Crippen MR) is 100.0 cm³/mol. The molecular weight excluding hydrogens is 338 g/mol. The summed E-state index contributed by atoms with van der Waals surface area (Å²) in [5.41, 5.74) is 1.27. The number of likely N-dealkylation sites (N-methyl/N-ethyl adjacent to an activating group) is 1. The van der Waals surface area contributed by atoms with E-state index in [4.69, 9.17) is 0 Å². The van der Waals surface area contributed by atoms with Crippen LogP contribution in [0.2, 0.25) is 0 Å². The molecule has 0 atom stereocenters. The molecule has 1 saturated heterocycles. The van der Waals surface area contributed by atoms with Crippen LogP contribution in [0.3, 0.4) is 0 Å². The summed E-state index contributed by atoms with van der Waals surface area (Å²) in [7, 11) is -1.32. The lowest BCUT2D eigenvalue weighted by Gasteiger charge is -2.31. The Kier molecular flexibility index (Phi) is 6.98. The number of piperazine rings is 1. The Morgan fingerprint density at radius 3 is 2.16 bits per heavy atom. The maximum atomic E-state index is 12.5. The van der Waals surface area contributed by atoms with E-state index in [-0.39, 0.29) is 17.7 Å². The van der Waals surface area contributed by atoms with Crippen LogP contribution in [0.15, 0.2) is 24.3 Å². The smallest absolute Gasteiger partial charge is 0.251 e. The summed E-state index contributed by atoms with van der Waals surface area (Å²) >= 11 is 0. The van der Waals surface area contributed by atoms with Crippen molar-refractivity contribution in [3.8, 4) is 0 Å². The number of carbonyl (C=O) groups excluding carboxylic acids is 1. The Morgan fingerprint density at radius 2 is 1.64 bits per heavy atom. The molecule has 1 fully saturated rings. The topological polar surface area (TPSA) is 69.7 Å². The molecule has 6 nitrogen and oxygen atoms in total. The second kappa shape index (κ2) is 8.78. The van der Waals surface area contributed by atoms with Crippen molar-refractivity contribution in [1.82, 2.24) is 14.5 Å². The van der Waals surface area contributed by atoms with E-state index in [0.29, 0.717) is 24.2 Å². The molecule has 1 aliphatic heterocycles. The third-order valence-corrected chi connectivity index (χ3v) is 6.59. The summed E-state index contributed by atoms with van der Waals surface area (Å²) in [5.74, 6) is -0.132. The van der Waals surface area contributed by atoms with E-state index in [2.05, 4.69) is 10.2 Å². The van der Waals surface area contributed by atoms with Gasteiger partial charge in [-0.2, -0.15) is 4.31 Å². The molecule has 7 heteroatoms. The van der Waals surface area contributed by atoms with Gasteiger partial charge in [0.1, 0.15) is 0 Å². The Balaban J connectivity index is 1.99. The second-order valence-electron chi connectivity index (χ2n) is 6.64. The van der Waals surface area contributed by atoms with Crippen LogP contribution < -0.4 is 5.32 Å². The Morgan fingerprint density at radius 1 is 1.08 bits per heavy atom. The minimum Gasteiger partial charge on any atom is -0.349 e. The van der Waals surface area contributed by atoms with Crippen LogP contribution in [0.1, 0.15) is 42.6 Å². The summed E-state index contributed by atoms with van der Waals surface area (Å²) in [6.45, 7) is 6.67. The van der Waals surface area contributed by atoms with Crippen LogP contribution >= 0.6 is 0 Å². The van der Waals surface area contributed by atoms with Gasteiger partial charge in [0.2, 0.25) is 10.0 Å². The first-order chi connectivity index (χ1) is 11.9. The molecular formula is C18H29N3O3S. The number of sulfonamides is 1. The van der Waals surface area contributed by atoms with Gasteiger partial charge in [-0.15, -0.1) is 0 Å². The van der Waals surface area contributed by atoms with E-state index in [9.17, 15) is 13.2 Å². The number of rotatable bonds is 7. The Bertz CT molecular complexity index is 661. The summed E-state index contributed by atoms with van der Waals surface area (Å²) in [6.07, 6.45) is 1.78. The lowest BCUT2D eigenvalue weighted by Crippen LogP contribution is -2.47. The van der Waals surface area contributed by atoms with Gasteiger partial charge < -0.3 is 10.2 Å². The van der Waals surface area contributed by atoms with Gasteiger partial charge in [0.25, 0.3) is 5.91 Å². The molecule has 1 aliphatic rings. The lowest BCUT2D eigenvalue weighted by molar-refractivity contribution is 0.0935. The van der Waals surface area contributed by atoms with Crippen molar-refractivity contribution in [3.63, 3.8) is 0 Å². The van der Waals surface area contributed by atoms with E-state index in [1.165, 1.54) is 0 Å². The molecule has 0 bridgehead atoms. The number of hydrogen-bond donors (Lipinski definition) is 1. The van der Waals surface area contributed by atoms with Crippen molar-refractivity contribution in [2.75, 3.05) is 33.2 Å². The molecule has 0 saturated carbocycles. The minimum atomic E-state index is -3.31. The summed E-state index contributed by atoms with van der Waals surface area (Å²) < 4.78 is 26.6. The highest BCUT2D eigenvalue weighted by Crippen LogP contribution is 2.14. The number of hydrogen-bond acceptors (Lipinski definition) is 4. The van der Waals surface area contributed by atoms with Gasteiger partial charge in [-0.1, -0.05) is 26.0 Å². The highest BCUT2D eigenvalue weighted by molar-refractivity contribution is 7.88. The van der Waals surface area contributed by atoms with Gasteiger partial charge in [0.15, 0.2) is 0 Å². The fourth-order valence-electron chi connectivity index (χ4n) is 2.88. The monoisotopic (exact) mass is 367 g/mol. The van der Waals surface area contributed by atoms with Crippen molar-refractivity contribution < 1.29 is 13.2 Å². The fraction of sp³-hybridized carbons (Fsp3) is 0.611. The van der Waals surface area contributed by atoms with Crippen LogP contribution in [-0.2, 0) is 15.8 Å². The SMILES string of the molecule is CCC(CC)NC(=O)c1ccc(CS(=O)(=O)N2CCN(C)CC2)cc1. The first-order valence-electron chi connectivity index (χ1n) is 8.92. The van der Waals surface area contributed by atoms with Gasteiger partial charge >= 0.3 is 0 Å². The number of nitrogens with one attached hydrogen (secondary N) is 1. The molecule has 1 heterocycles. The normalized spacial score (nSPS) is 17.0. The zero-order valence-electron chi connectivity index (χ0n) is 15.4. The molecule has 1 N–H and O–H groups in total. The molecule has 25 heavy (non-hydrogen) atoms. The maximum absolute atomic E-state index is 12.5. The lowest BCUT2D eigenvalue weighted by atomic mass is 10.1. The van der Waals surface area contributed by atoms with Crippen molar-refractivity contribution >= 4 is 15.9 Å². The van der Waals surface area contributed by atoms with Gasteiger partial charge in [0, 0.05) is 37.8 Å². The van der Waals surface area contributed by atoms with Crippen molar-refractivity contribution in [3.05, 3.63) is 35.4 Å². The highest BCUT2D eigenvalue weighted by atomic mass is 32.2. The van der Waals surface area contributed by atoms with Crippen molar-refractivity contribution in [2.45, 2.75) is 38.5 Å². The molecule has 0 radical (unpaired) electrons. The molecule has 0 unspecified atom stereocenters. The highest BCUT2D eigenvalue weighted by Gasteiger charge is 2.25. The van der Waals surface area contributed by atoms with E-state index < -0.39 is 10.0 Å². The first-order valence-corrected chi connectivity index (χ1v) is 10.5. The molecule has 1 aromatic rings. The van der Waals surface area contributed by atoms with Gasteiger partial charge in [-0.3, -0.25) is 4.79 Å². The van der Waals surface area contributed by atoms with Crippen LogP contribution in [0.5, 0.6) is 0 Å². The van der Waals surface area contributed by atoms with Crippen molar-refractivity contribution in [1.29, 1.82) is 0 Å². The van der Waals surface area contributed by atoms with Gasteiger partial charge in [0.05, 0.1) is 5.75 Å². The molecule has 0 aromatic heterocycles. The molecule has 140 valence electrons. The third kappa shape index (κ3) is 5.52. The number of carbonyl (C=O) groups is 1. The predicted octanol–water partition coefficient (Wildman–Crippen LogP) is 1.68. The molecule has 0 aliphatic carbocycles. The molecule has 0 spiro atoms. The molecule has 1 amide bonds. The minimum absolute atomic E-state index is 0.0227. The zero-order chi connectivity index (χ0) is 18.4. The third-order valence-electron chi connectivity index (χ3n) is 4.74. The average Bonchev–Trinajstić information content (AvgIpc) is 2.60. The quantitative estimate of drug-likeness (QED) is 0.796. The number of nitrogens with zero attached hydrogens (tertiary/aromatic N) is 2. The standard InChI is InChI=1S/C18H29N3O3S/c1-4-17(5-2)19-18(22)16-8-6-15(7-9-16)14-25(23,24)21-12-10-20(3)11-13-21/h6-9,17H,4-5,10-14H2,1-3H3,(H,19,22). The fourth-order valence-corrected chi connectivity index (χ4v) is 4.40. The van der Waals surface area contributed by atoms with Crippen LogP contribution in [0.4, 0.5) is 0 Å². The zero-order valence-corrected chi connectivity index (χ0v) is 16.2. The maximum Gasteiger partial charge on any atom is 0.251 e. The first kappa shape index (κ1) is 19.9. The van der Waals surface area contributed by atoms with Gasteiger partial charge in [-0.25, -0.2) is 8.42 Å². The van der Waals surface area contributed by atoms with Crippen LogP contribution in [0, 0.1) is 0 Å². The second-order valence-corrected chi connectivity index (χ2v) is 8.61. The van der Waals surface area contributed by atoms with E-state index in [0.717, 1.165) is 25.9 Å². The Labute approximate surface area is 151 Å². The molecule has 2 rings (SSSR count). The summed E-state index contributed by atoms with van der Waals surface area (Å²) in [5, 5.41) is 2.99. The largest absolute Gasteiger partial charge is 0.349 e. The van der Waals surface area contributed by atoms with Crippen LogP contribution in [-0.4, -0.2) is 62.8 Å². The number of amides is 1. The van der Waals surface area contributed by atoms with E-state index in [1.807, 2.05) is 20.9 Å². The number of benzene rings is 1. The Hall–Kier alpha value is -1.44. The van der Waals surface area contributed by atoms with Crippen LogP contribution in [0.25, 0.3) is 0 Å². The van der Waals surface area contributed by atoms with Crippen molar-refractivity contribution in [2.24, 2.45) is 0 Å².